The van der Waals surface area contributed by atoms with E-state index in [4.69, 9.17) is 9.47 Å². The largest absolute Gasteiger partial charge is 0.497 e. The van der Waals surface area contributed by atoms with Crippen LogP contribution < -0.4 is 14.4 Å². The molecule has 1 amide bonds. The average Bonchev–Trinajstić information content (AvgIpc) is 2.79. The maximum absolute atomic E-state index is 13.0. The Labute approximate surface area is 180 Å². The van der Waals surface area contributed by atoms with E-state index in [9.17, 15) is 10.1 Å². The first-order chi connectivity index (χ1) is 14.6. The second-order valence-electron chi connectivity index (χ2n) is 7.06. The van der Waals surface area contributed by atoms with Crippen LogP contribution in [0.4, 0.5) is 5.69 Å². The number of hydrogen-bond donors (Lipinski definition) is 0. The summed E-state index contributed by atoms with van der Waals surface area (Å²) in [6, 6.07) is 17.9. The summed E-state index contributed by atoms with van der Waals surface area (Å²) >= 11 is 1.54. The molecule has 0 radical (unpaired) electrons. The molecule has 6 nitrogen and oxygen atoms in total. The zero-order valence-electron chi connectivity index (χ0n) is 17.0. The lowest BCUT2D eigenvalue weighted by Crippen LogP contribution is -2.47. The van der Waals surface area contributed by atoms with Crippen molar-refractivity contribution in [3.63, 3.8) is 0 Å². The van der Waals surface area contributed by atoms with E-state index in [1.54, 1.807) is 12.0 Å². The van der Waals surface area contributed by atoms with Crippen molar-refractivity contribution in [2.75, 3.05) is 31.2 Å². The Morgan fingerprint density at radius 2 is 1.83 bits per heavy atom. The van der Waals surface area contributed by atoms with Crippen molar-refractivity contribution in [3.05, 3.63) is 64.7 Å². The lowest BCUT2D eigenvalue weighted by Gasteiger charge is -2.42. The number of amides is 1. The Balaban J connectivity index is 1.58. The molecule has 0 spiro atoms. The van der Waals surface area contributed by atoms with E-state index in [0.29, 0.717) is 24.7 Å². The van der Waals surface area contributed by atoms with Gasteiger partial charge in [0.25, 0.3) is 0 Å². The molecule has 7 heteroatoms. The van der Waals surface area contributed by atoms with Crippen LogP contribution in [-0.4, -0.2) is 37.1 Å². The van der Waals surface area contributed by atoms with E-state index in [0.717, 1.165) is 27.8 Å². The van der Waals surface area contributed by atoms with Crippen LogP contribution in [0.2, 0.25) is 0 Å². The second-order valence-corrected chi connectivity index (χ2v) is 8.00. The molecule has 1 fully saturated rings. The summed E-state index contributed by atoms with van der Waals surface area (Å²) in [6.45, 7) is 3.02. The van der Waals surface area contributed by atoms with Gasteiger partial charge in [-0.2, -0.15) is 5.26 Å². The van der Waals surface area contributed by atoms with Crippen LogP contribution in [0.3, 0.4) is 0 Å². The number of carbonyl (C=O) groups is 1. The Morgan fingerprint density at radius 1 is 1.13 bits per heavy atom. The molecular weight excluding hydrogens is 398 g/mol. The molecule has 0 aliphatic carbocycles. The van der Waals surface area contributed by atoms with E-state index >= 15 is 0 Å². The van der Waals surface area contributed by atoms with E-state index in [2.05, 4.69) is 11.0 Å². The molecule has 1 atom stereocenters. The minimum atomic E-state index is -0.218. The molecule has 4 rings (SSSR count). The number of benzene rings is 2. The fourth-order valence-electron chi connectivity index (χ4n) is 3.77. The fraction of sp³-hybridized carbons (Fsp3) is 0.304. The molecule has 0 unspecified atom stereocenters. The lowest BCUT2D eigenvalue weighted by molar-refractivity contribution is -0.129. The number of carbonyl (C=O) groups excluding carboxylic acids is 1. The number of nitriles is 1. The minimum absolute atomic E-state index is 0.0351. The van der Waals surface area contributed by atoms with Crippen molar-refractivity contribution >= 4 is 23.4 Å². The van der Waals surface area contributed by atoms with Crippen molar-refractivity contribution in [1.29, 1.82) is 5.26 Å². The SMILES string of the molecule is CCOc1ccc(N2CSC3=C(C#N)[C@@H](c4ccc(OC)cc4)CC(=O)N3C2)cc1. The second kappa shape index (κ2) is 8.72. The Kier molecular flexibility index (Phi) is 5.86. The quantitative estimate of drug-likeness (QED) is 0.717. The fourth-order valence-corrected chi connectivity index (χ4v) is 4.93. The number of anilines is 1. The van der Waals surface area contributed by atoms with E-state index in [1.807, 2.05) is 55.5 Å². The number of thioether (sulfide) groups is 1. The normalized spacial score (nSPS) is 18.7. The Morgan fingerprint density at radius 3 is 2.47 bits per heavy atom. The van der Waals surface area contributed by atoms with Crippen LogP contribution in [0.5, 0.6) is 11.5 Å². The zero-order chi connectivity index (χ0) is 21.1. The standard InChI is InChI=1S/C23H23N3O3S/c1-3-29-19-10-6-17(7-11-19)25-14-26-22(27)12-20(21(13-24)23(26)30-15-25)16-4-8-18(28-2)9-5-16/h4-11,20H,3,12,14-15H2,1-2H3/t20-/m1/s1. The highest BCUT2D eigenvalue weighted by atomic mass is 32.2. The number of nitrogens with zero attached hydrogens (tertiary/aromatic N) is 3. The van der Waals surface area contributed by atoms with Crippen LogP contribution in [0.1, 0.15) is 24.8 Å². The van der Waals surface area contributed by atoms with E-state index in [1.165, 1.54) is 11.8 Å². The highest BCUT2D eigenvalue weighted by Crippen LogP contribution is 2.43. The molecule has 0 bridgehead atoms. The van der Waals surface area contributed by atoms with Gasteiger partial charge in [-0.05, 0) is 48.9 Å². The third-order valence-electron chi connectivity index (χ3n) is 5.32. The summed E-state index contributed by atoms with van der Waals surface area (Å²) in [6.07, 6.45) is 0.288. The smallest absolute Gasteiger partial charge is 0.229 e. The first-order valence-electron chi connectivity index (χ1n) is 9.83. The molecule has 1 saturated heterocycles. The van der Waals surface area contributed by atoms with Gasteiger partial charge in [-0.3, -0.25) is 9.69 Å². The summed E-state index contributed by atoms with van der Waals surface area (Å²) < 4.78 is 10.7. The van der Waals surface area contributed by atoms with Crippen LogP contribution in [0.25, 0.3) is 0 Å². The number of ether oxygens (including phenoxy) is 2. The topological polar surface area (TPSA) is 65.8 Å². The van der Waals surface area contributed by atoms with Crippen LogP contribution in [0, 0.1) is 11.3 Å². The molecular formula is C23H23N3O3S. The van der Waals surface area contributed by atoms with Crippen LogP contribution in [-0.2, 0) is 4.79 Å². The molecule has 2 aromatic rings. The molecule has 0 N–H and O–H groups in total. The molecule has 30 heavy (non-hydrogen) atoms. The summed E-state index contributed by atoms with van der Waals surface area (Å²) in [5, 5.41) is 10.7. The van der Waals surface area contributed by atoms with E-state index in [-0.39, 0.29) is 18.2 Å². The van der Waals surface area contributed by atoms with Gasteiger partial charge >= 0.3 is 0 Å². The molecule has 2 aromatic carbocycles. The molecule has 0 saturated carbocycles. The number of rotatable bonds is 5. The number of fused-ring (bicyclic) bond motifs is 1. The molecule has 2 aliphatic heterocycles. The van der Waals surface area contributed by atoms with Crippen LogP contribution in [0.15, 0.2) is 59.1 Å². The van der Waals surface area contributed by atoms with Crippen LogP contribution >= 0.6 is 11.8 Å². The first kappa shape index (κ1) is 20.2. The molecule has 2 aliphatic rings. The highest BCUT2D eigenvalue weighted by Gasteiger charge is 2.38. The molecule has 0 aromatic heterocycles. The van der Waals surface area contributed by atoms with Gasteiger partial charge in [0.15, 0.2) is 0 Å². The van der Waals surface area contributed by atoms with Crippen molar-refractivity contribution in [2.45, 2.75) is 19.3 Å². The van der Waals surface area contributed by atoms with Gasteiger partial charge in [0.05, 0.1) is 42.9 Å². The third kappa shape index (κ3) is 3.83. The van der Waals surface area contributed by atoms with Crippen molar-refractivity contribution in [1.82, 2.24) is 4.90 Å². The van der Waals surface area contributed by atoms with Gasteiger partial charge in [-0.25, -0.2) is 0 Å². The number of allylic oxidation sites excluding steroid dienone is 1. The predicted molar refractivity (Wildman–Crippen MR) is 117 cm³/mol. The Bertz CT molecular complexity index is 996. The summed E-state index contributed by atoms with van der Waals surface area (Å²) in [5.74, 6) is 2.08. The summed E-state index contributed by atoms with van der Waals surface area (Å²) in [4.78, 5) is 16.9. The average molecular weight is 422 g/mol. The van der Waals surface area contributed by atoms with Gasteiger partial charge < -0.3 is 14.4 Å². The maximum Gasteiger partial charge on any atom is 0.229 e. The lowest BCUT2D eigenvalue weighted by atomic mass is 9.86. The summed E-state index contributed by atoms with van der Waals surface area (Å²) in [5.41, 5.74) is 2.65. The maximum atomic E-state index is 13.0. The number of methoxy groups -OCH3 is 1. The van der Waals surface area contributed by atoms with Gasteiger partial charge in [-0.1, -0.05) is 23.9 Å². The van der Waals surface area contributed by atoms with Crippen molar-refractivity contribution < 1.29 is 14.3 Å². The predicted octanol–water partition coefficient (Wildman–Crippen LogP) is 4.31. The zero-order valence-corrected chi connectivity index (χ0v) is 17.8. The minimum Gasteiger partial charge on any atom is -0.497 e. The molecule has 2 heterocycles. The first-order valence-corrected chi connectivity index (χ1v) is 10.8. The summed E-state index contributed by atoms with van der Waals surface area (Å²) in [7, 11) is 1.62. The van der Waals surface area contributed by atoms with Gasteiger partial charge in [-0.15, -0.1) is 0 Å². The van der Waals surface area contributed by atoms with Crippen molar-refractivity contribution in [3.8, 4) is 17.6 Å². The van der Waals surface area contributed by atoms with E-state index < -0.39 is 0 Å². The highest BCUT2D eigenvalue weighted by molar-refractivity contribution is 8.03. The third-order valence-corrected chi connectivity index (χ3v) is 6.48. The van der Waals surface area contributed by atoms with Gasteiger partial charge in [0, 0.05) is 18.0 Å². The monoisotopic (exact) mass is 421 g/mol. The molecule has 154 valence electrons. The number of hydrogen-bond acceptors (Lipinski definition) is 6. The van der Waals surface area contributed by atoms with Gasteiger partial charge in [0.2, 0.25) is 5.91 Å². The van der Waals surface area contributed by atoms with Gasteiger partial charge in [0.1, 0.15) is 11.5 Å². The Hall–Kier alpha value is -3.11. The van der Waals surface area contributed by atoms with Crippen molar-refractivity contribution in [2.24, 2.45) is 0 Å².